The number of aromatic nitrogens is 3. The van der Waals surface area contributed by atoms with Crippen molar-refractivity contribution in [2.75, 3.05) is 0 Å². The van der Waals surface area contributed by atoms with Crippen LogP contribution in [0, 0.1) is 5.92 Å². The quantitative estimate of drug-likeness (QED) is 0.803. The van der Waals surface area contributed by atoms with Gasteiger partial charge in [0.25, 0.3) is 0 Å². The standard InChI is InChI=1S/C11H19N3O2/c1-4-5-9-10(11(15)16)12-13-14(9)7-6-8(2)3/h8H,4-7H2,1-3H3,(H,15,16). The Kier molecular flexibility index (Phi) is 4.46. The molecule has 1 aromatic rings. The van der Waals surface area contributed by atoms with Crippen LogP contribution in [0.5, 0.6) is 0 Å². The van der Waals surface area contributed by atoms with Crippen LogP contribution in [-0.2, 0) is 13.0 Å². The zero-order chi connectivity index (χ0) is 12.1. The van der Waals surface area contributed by atoms with Crippen LogP contribution < -0.4 is 0 Å². The Bertz CT molecular complexity index is 358. The van der Waals surface area contributed by atoms with Crippen molar-refractivity contribution in [3.05, 3.63) is 11.4 Å². The van der Waals surface area contributed by atoms with Gasteiger partial charge in [-0.3, -0.25) is 0 Å². The fraction of sp³-hybridized carbons (Fsp3) is 0.727. The number of aromatic carboxylic acids is 1. The van der Waals surface area contributed by atoms with Gasteiger partial charge < -0.3 is 5.11 Å². The van der Waals surface area contributed by atoms with Crippen molar-refractivity contribution in [2.45, 2.75) is 46.6 Å². The number of hydrogen-bond acceptors (Lipinski definition) is 3. The molecule has 0 atom stereocenters. The number of nitrogens with zero attached hydrogens (tertiary/aromatic N) is 3. The van der Waals surface area contributed by atoms with Crippen LogP contribution in [-0.4, -0.2) is 26.1 Å². The second-order valence-electron chi connectivity index (χ2n) is 4.35. The van der Waals surface area contributed by atoms with E-state index in [1.807, 2.05) is 6.92 Å². The van der Waals surface area contributed by atoms with Crippen LogP contribution >= 0.6 is 0 Å². The van der Waals surface area contributed by atoms with E-state index >= 15 is 0 Å². The first-order valence-corrected chi connectivity index (χ1v) is 5.71. The SMILES string of the molecule is CCCc1c(C(=O)O)nnn1CCC(C)C. The molecule has 1 aromatic heterocycles. The van der Waals surface area contributed by atoms with E-state index in [1.54, 1.807) is 4.68 Å². The minimum Gasteiger partial charge on any atom is -0.476 e. The van der Waals surface area contributed by atoms with Crippen LogP contribution in [0.25, 0.3) is 0 Å². The minimum absolute atomic E-state index is 0.102. The molecule has 1 heterocycles. The minimum atomic E-state index is -0.987. The molecule has 0 bridgehead atoms. The predicted octanol–water partition coefficient (Wildman–Crippen LogP) is 1.97. The zero-order valence-corrected chi connectivity index (χ0v) is 10.1. The van der Waals surface area contributed by atoms with Crippen LogP contribution in [0.15, 0.2) is 0 Å². The van der Waals surface area contributed by atoms with Crippen molar-refractivity contribution in [3.63, 3.8) is 0 Å². The largest absolute Gasteiger partial charge is 0.476 e. The zero-order valence-electron chi connectivity index (χ0n) is 10.1. The molecule has 0 radical (unpaired) electrons. The Hall–Kier alpha value is -1.39. The van der Waals surface area contributed by atoms with E-state index in [0.717, 1.165) is 25.1 Å². The molecule has 5 heteroatoms. The number of carboxylic acid groups (broad SMARTS) is 1. The normalized spacial score (nSPS) is 11.0. The molecule has 1 rings (SSSR count). The summed E-state index contributed by atoms with van der Waals surface area (Å²) >= 11 is 0. The topological polar surface area (TPSA) is 68.0 Å². The Morgan fingerprint density at radius 2 is 2.19 bits per heavy atom. The first-order valence-electron chi connectivity index (χ1n) is 5.71. The number of carboxylic acids is 1. The summed E-state index contributed by atoms with van der Waals surface area (Å²) in [7, 11) is 0. The lowest BCUT2D eigenvalue weighted by Crippen LogP contribution is -2.09. The highest BCUT2D eigenvalue weighted by Gasteiger charge is 2.17. The van der Waals surface area contributed by atoms with Crippen molar-refractivity contribution in [1.82, 2.24) is 15.0 Å². The van der Waals surface area contributed by atoms with Gasteiger partial charge in [0.2, 0.25) is 0 Å². The van der Waals surface area contributed by atoms with Gasteiger partial charge in [-0.25, -0.2) is 9.48 Å². The summed E-state index contributed by atoms with van der Waals surface area (Å²) in [6.07, 6.45) is 2.60. The van der Waals surface area contributed by atoms with Crippen LogP contribution in [0.1, 0.15) is 49.8 Å². The highest BCUT2D eigenvalue weighted by Crippen LogP contribution is 2.11. The summed E-state index contributed by atoms with van der Waals surface area (Å²) in [5.41, 5.74) is 0.848. The summed E-state index contributed by atoms with van der Waals surface area (Å²) in [6.45, 7) is 7.03. The monoisotopic (exact) mass is 225 g/mol. The number of carbonyl (C=O) groups is 1. The molecule has 0 fully saturated rings. The lowest BCUT2D eigenvalue weighted by Gasteiger charge is -2.07. The summed E-state index contributed by atoms with van der Waals surface area (Å²) in [5.74, 6) is -0.411. The molecule has 90 valence electrons. The molecular weight excluding hydrogens is 206 g/mol. The van der Waals surface area contributed by atoms with Gasteiger partial charge in [-0.15, -0.1) is 5.10 Å². The first-order chi connectivity index (χ1) is 7.56. The summed E-state index contributed by atoms with van der Waals surface area (Å²) < 4.78 is 1.73. The van der Waals surface area contributed by atoms with E-state index in [4.69, 9.17) is 5.11 Å². The van der Waals surface area contributed by atoms with Crippen LogP contribution in [0.4, 0.5) is 0 Å². The molecule has 0 unspecified atom stereocenters. The third kappa shape index (κ3) is 3.05. The van der Waals surface area contributed by atoms with Crippen molar-refractivity contribution in [2.24, 2.45) is 5.92 Å². The maximum absolute atomic E-state index is 10.9. The molecule has 0 spiro atoms. The first kappa shape index (κ1) is 12.7. The fourth-order valence-corrected chi connectivity index (χ4v) is 1.54. The van der Waals surface area contributed by atoms with E-state index < -0.39 is 5.97 Å². The van der Waals surface area contributed by atoms with E-state index in [9.17, 15) is 4.79 Å². The molecule has 1 N–H and O–H groups in total. The van der Waals surface area contributed by atoms with E-state index in [2.05, 4.69) is 24.2 Å². The molecule has 5 nitrogen and oxygen atoms in total. The third-order valence-corrected chi connectivity index (χ3v) is 2.45. The lowest BCUT2D eigenvalue weighted by atomic mass is 10.1. The Balaban J connectivity index is 2.86. The van der Waals surface area contributed by atoms with Gasteiger partial charge in [0.15, 0.2) is 5.69 Å². The Labute approximate surface area is 95.5 Å². The molecule has 0 aromatic carbocycles. The number of hydrogen-bond donors (Lipinski definition) is 1. The average Bonchev–Trinajstić information content (AvgIpc) is 2.59. The van der Waals surface area contributed by atoms with Crippen molar-refractivity contribution in [3.8, 4) is 0 Å². The van der Waals surface area contributed by atoms with E-state index in [0.29, 0.717) is 12.3 Å². The Morgan fingerprint density at radius 1 is 1.50 bits per heavy atom. The summed E-state index contributed by atoms with van der Waals surface area (Å²) in [6, 6.07) is 0. The maximum Gasteiger partial charge on any atom is 0.358 e. The van der Waals surface area contributed by atoms with Crippen molar-refractivity contribution < 1.29 is 9.90 Å². The van der Waals surface area contributed by atoms with Gasteiger partial charge in [0, 0.05) is 6.54 Å². The van der Waals surface area contributed by atoms with Gasteiger partial charge in [0.1, 0.15) is 0 Å². The van der Waals surface area contributed by atoms with Crippen molar-refractivity contribution >= 4 is 5.97 Å². The summed E-state index contributed by atoms with van der Waals surface area (Å²) in [5, 5.41) is 16.6. The second-order valence-corrected chi connectivity index (χ2v) is 4.35. The second kappa shape index (κ2) is 5.63. The fourth-order valence-electron chi connectivity index (χ4n) is 1.54. The number of aryl methyl sites for hydroxylation is 1. The number of rotatable bonds is 6. The third-order valence-electron chi connectivity index (χ3n) is 2.45. The van der Waals surface area contributed by atoms with Crippen molar-refractivity contribution in [1.29, 1.82) is 0 Å². The molecule has 0 aliphatic heterocycles. The van der Waals surface area contributed by atoms with Gasteiger partial charge in [-0.1, -0.05) is 32.4 Å². The lowest BCUT2D eigenvalue weighted by molar-refractivity contribution is 0.0689. The smallest absolute Gasteiger partial charge is 0.358 e. The van der Waals surface area contributed by atoms with E-state index in [1.165, 1.54) is 0 Å². The molecule has 0 saturated carbocycles. The molecular formula is C11H19N3O2. The predicted molar refractivity (Wildman–Crippen MR) is 60.4 cm³/mol. The maximum atomic E-state index is 10.9. The molecule has 0 saturated heterocycles. The summed E-state index contributed by atoms with van der Waals surface area (Å²) in [4.78, 5) is 10.9. The highest BCUT2D eigenvalue weighted by molar-refractivity contribution is 5.86. The molecule has 16 heavy (non-hydrogen) atoms. The Morgan fingerprint density at radius 3 is 2.69 bits per heavy atom. The van der Waals surface area contributed by atoms with E-state index in [-0.39, 0.29) is 5.69 Å². The van der Waals surface area contributed by atoms with Gasteiger partial charge in [-0.2, -0.15) is 0 Å². The molecule has 0 aliphatic rings. The molecule has 0 aliphatic carbocycles. The van der Waals surface area contributed by atoms with Crippen LogP contribution in [0.2, 0.25) is 0 Å². The highest BCUT2D eigenvalue weighted by atomic mass is 16.4. The molecule has 0 amide bonds. The van der Waals surface area contributed by atoms with Crippen LogP contribution in [0.3, 0.4) is 0 Å². The van der Waals surface area contributed by atoms with Gasteiger partial charge >= 0.3 is 5.97 Å². The average molecular weight is 225 g/mol. The van der Waals surface area contributed by atoms with Gasteiger partial charge in [0.05, 0.1) is 5.69 Å². The van der Waals surface area contributed by atoms with Gasteiger partial charge in [-0.05, 0) is 18.8 Å².